The second kappa shape index (κ2) is 8.05. The maximum atomic E-state index is 5.54. The summed E-state index contributed by atoms with van der Waals surface area (Å²) in [6, 6.07) is 6.03. The summed E-state index contributed by atoms with van der Waals surface area (Å²) in [5.41, 5.74) is 1.84. The Labute approximate surface area is 175 Å². The lowest BCUT2D eigenvalue weighted by molar-refractivity contribution is 0.174. The van der Waals surface area contributed by atoms with Crippen molar-refractivity contribution in [1.82, 2.24) is 14.5 Å². The number of unbranched alkanes of at least 4 members (excludes halogenated alkanes) is 2. The lowest BCUT2D eigenvalue weighted by atomic mass is 10.2. The first-order valence-corrected chi connectivity index (χ1v) is 10.7. The summed E-state index contributed by atoms with van der Waals surface area (Å²) in [6.45, 7) is 7.03. The third-order valence-electron chi connectivity index (χ3n) is 4.38. The van der Waals surface area contributed by atoms with Crippen molar-refractivity contribution >= 4 is 57.9 Å². The average molecular weight is 494 g/mol. The van der Waals surface area contributed by atoms with Crippen molar-refractivity contribution in [3.63, 3.8) is 0 Å². The van der Waals surface area contributed by atoms with E-state index in [0.29, 0.717) is 5.82 Å². The fourth-order valence-electron chi connectivity index (χ4n) is 3.02. The Morgan fingerprint density at radius 1 is 1.30 bits per heavy atom. The maximum absolute atomic E-state index is 5.54. The van der Waals surface area contributed by atoms with Crippen LogP contribution in [0.2, 0.25) is 0 Å². The minimum Gasteiger partial charge on any atom is -0.454 e. The molecule has 0 N–H and O–H groups in total. The van der Waals surface area contributed by atoms with Crippen LogP contribution in [0.25, 0.3) is 11.0 Å². The molecule has 1 aliphatic rings. The second-order valence-electron chi connectivity index (χ2n) is 6.15. The molecule has 8 heteroatoms. The van der Waals surface area contributed by atoms with E-state index < -0.39 is 0 Å². The molecule has 1 aliphatic heterocycles. The minimum absolute atomic E-state index is 0.273. The van der Waals surface area contributed by atoms with Gasteiger partial charge >= 0.3 is 0 Å². The first-order chi connectivity index (χ1) is 13.2. The molecule has 140 valence electrons. The van der Waals surface area contributed by atoms with Crippen molar-refractivity contribution in [2.24, 2.45) is 4.99 Å². The number of hydrogen-bond acceptors (Lipinski definition) is 6. The molecule has 0 radical (unpaired) electrons. The molecule has 0 amide bonds. The first-order valence-electron chi connectivity index (χ1n) is 8.80. The van der Waals surface area contributed by atoms with E-state index in [1.165, 1.54) is 12.8 Å². The predicted molar refractivity (Wildman–Crippen MR) is 116 cm³/mol. The van der Waals surface area contributed by atoms with Gasteiger partial charge in [-0.1, -0.05) is 31.5 Å². The zero-order valence-electron chi connectivity index (χ0n) is 14.9. The number of aromatic nitrogens is 3. The molecule has 0 saturated heterocycles. The van der Waals surface area contributed by atoms with Gasteiger partial charge in [0.2, 0.25) is 6.79 Å². The number of aliphatic imine (C=N–C) groups is 1. The van der Waals surface area contributed by atoms with Crippen LogP contribution in [0.15, 0.2) is 39.4 Å². The number of pyridine rings is 1. The largest absolute Gasteiger partial charge is 0.454 e. The number of ether oxygens (including phenoxy) is 2. The van der Waals surface area contributed by atoms with Gasteiger partial charge in [-0.3, -0.25) is 0 Å². The van der Waals surface area contributed by atoms with Gasteiger partial charge in [0.15, 0.2) is 22.5 Å². The van der Waals surface area contributed by atoms with Gasteiger partial charge in [-0.15, -0.1) is 0 Å². The number of benzene rings is 1. The summed E-state index contributed by atoms with van der Waals surface area (Å²) in [7, 11) is 0. The third-order valence-corrected chi connectivity index (χ3v) is 6.69. The van der Waals surface area contributed by atoms with E-state index in [2.05, 4.69) is 50.8 Å². The summed E-state index contributed by atoms with van der Waals surface area (Å²) in [5.74, 6) is 2.15. The van der Waals surface area contributed by atoms with Crippen LogP contribution in [0, 0.1) is 3.57 Å². The number of imidazole rings is 1. The van der Waals surface area contributed by atoms with Crippen LogP contribution in [0.4, 0.5) is 5.82 Å². The summed E-state index contributed by atoms with van der Waals surface area (Å²) in [5, 5.41) is 0.927. The van der Waals surface area contributed by atoms with Gasteiger partial charge in [-0.2, -0.15) is 0 Å². The molecule has 0 fully saturated rings. The molecule has 0 aliphatic carbocycles. The quantitative estimate of drug-likeness (QED) is 0.249. The van der Waals surface area contributed by atoms with Crippen LogP contribution in [0.3, 0.4) is 0 Å². The number of rotatable bonds is 7. The molecule has 3 aromatic rings. The number of halogens is 1. The molecule has 0 unspecified atom stereocenters. The Morgan fingerprint density at radius 2 is 2.11 bits per heavy atom. The van der Waals surface area contributed by atoms with Crippen LogP contribution in [0.5, 0.6) is 11.5 Å². The van der Waals surface area contributed by atoms with E-state index in [-0.39, 0.29) is 6.79 Å². The Kier molecular flexibility index (Phi) is 5.53. The van der Waals surface area contributed by atoms with Gasteiger partial charge in [-0.05, 0) is 53.9 Å². The molecule has 6 nitrogen and oxygen atoms in total. The summed E-state index contributed by atoms with van der Waals surface area (Å²) < 4.78 is 14.4. The van der Waals surface area contributed by atoms with Crippen LogP contribution < -0.4 is 9.47 Å². The zero-order chi connectivity index (χ0) is 18.8. The van der Waals surface area contributed by atoms with Gasteiger partial charge in [0.1, 0.15) is 5.52 Å². The minimum atomic E-state index is 0.273. The third kappa shape index (κ3) is 3.64. The van der Waals surface area contributed by atoms with Gasteiger partial charge in [-0.25, -0.2) is 15.0 Å². The monoisotopic (exact) mass is 494 g/mol. The normalized spacial score (nSPS) is 12.7. The average Bonchev–Trinajstić information content (AvgIpc) is 3.26. The molecule has 2 aromatic heterocycles. The highest BCUT2D eigenvalue weighted by atomic mass is 127. The molecule has 3 heterocycles. The van der Waals surface area contributed by atoms with E-state index >= 15 is 0 Å². The Balaban J connectivity index is 1.76. The van der Waals surface area contributed by atoms with Gasteiger partial charge in [0.25, 0.3) is 0 Å². The van der Waals surface area contributed by atoms with Crippen LogP contribution >= 0.6 is 34.4 Å². The molecule has 4 rings (SSSR count). The van der Waals surface area contributed by atoms with E-state index in [1.54, 1.807) is 18.0 Å². The zero-order valence-corrected chi connectivity index (χ0v) is 17.9. The number of fused-ring (bicyclic) bond motifs is 2. The lowest BCUT2D eigenvalue weighted by Crippen LogP contribution is -2.00. The molecule has 0 atom stereocenters. The molecule has 27 heavy (non-hydrogen) atoms. The topological polar surface area (TPSA) is 61.5 Å². The predicted octanol–water partition coefficient (Wildman–Crippen LogP) is 5.44. The molecule has 0 spiro atoms. The van der Waals surface area contributed by atoms with Crippen LogP contribution in [0.1, 0.15) is 26.2 Å². The van der Waals surface area contributed by atoms with Gasteiger partial charge in [0, 0.05) is 21.2 Å². The fourth-order valence-corrected chi connectivity index (χ4v) is 4.75. The summed E-state index contributed by atoms with van der Waals surface area (Å²) in [6.07, 6.45) is 5.23. The smallest absolute Gasteiger partial charge is 0.231 e. The summed E-state index contributed by atoms with van der Waals surface area (Å²) in [4.78, 5) is 14.3. The Hall–Kier alpha value is -1.81. The fraction of sp³-hybridized carbons (Fsp3) is 0.316. The highest BCUT2D eigenvalue weighted by Crippen LogP contribution is 2.42. The first kappa shape index (κ1) is 18.5. The van der Waals surface area contributed by atoms with Crippen molar-refractivity contribution in [3.8, 4) is 11.5 Å². The summed E-state index contributed by atoms with van der Waals surface area (Å²) >= 11 is 3.95. The molecule has 0 bridgehead atoms. The van der Waals surface area contributed by atoms with E-state index in [1.807, 2.05) is 18.2 Å². The number of nitrogens with zero attached hydrogens (tertiary/aromatic N) is 4. The van der Waals surface area contributed by atoms with Crippen molar-refractivity contribution in [2.45, 2.75) is 42.8 Å². The number of hydrogen-bond donors (Lipinski definition) is 0. The molecular weight excluding hydrogens is 475 g/mol. The van der Waals surface area contributed by atoms with E-state index in [0.717, 1.165) is 49.1 Å². The molecular formula is C19H19IN4O2S. The van der Waals surface area contributed by atoms with Crippen molar-refractivity contribution in [2.75, 3.05) is 6.79 Å². The molecule has 0 saturated carbocycles. The van der Waals surface area contributed by atoms with Crippen molar-refractivity contribution in [3.05, 3.63) is 28.0 Å². The van der Waals surface area contributed by atoms with Crippen molar-refractivity contribution < 1.29 is 9.47 Å². The Bertz CT molecular complexity index is 1010. The number of aryl methyl sites for hydroxylation is 1. The highest BCUT2D eigenvalue weighted by molar-refractivity contribution is 14.1. The van der Waals surface area contributed by atoms with Gasteiger partial charge < -0.3 is 14.0 Å². The van der Waals surface area contributed by atoms with E-state index in [9.17, 15) is 0 Å². The van der Waals surface area contributed by atoms with Crippen LogP contribution in [-0.2, 0) is 6.54 Å². The SMILES string of the molecule is C=Nc1nccc2c1nc(Sc1cc3c(cc1I)OCO3)n2CCCCC. The second-order valence-corrected chi connectivity index (χ2v) is 8.32. The standard InChI is InChI=1S/C19H19IN4O2S/c1-3-4-5-8-24-13-6-7-22-18(21-2)17(13)23-19(24)27-16-10-15-14(9-12(16)20)25-11-26-15/h6-7,9-10H,2-5,8,11H2,1H3. The lowest BCUT2D eigenvalue weighted by Gasteiger charge is -2.10. The van der Waals surface area contributed by atoms with E-state index in [4.69, 9.17) is 14.5 Å². The molecule has 1 aromatic carbocycles. The Morgan fingerprint density at radius 3 is 2.89 bits per heavy atom. The highest BCUT2D eigenvalue weighted by Gasteiger charge is 2.20. The van der Waals surface area contributed by atoms with Crippen molar-refractivity contribution in [1.29, 1.82) is 0 Å². The van der Waals surface area contributed by atoms with Gasteiger partial charge in [0.05, 0.1) is 5.52 Å². The maximum Gasteiger partial charge on any atom is 0.231 e. The van der Waals surface area contributed by atoms with Crippen LogP contribution in [-0.4, -0.2) is 28.0 Å².